The first-order valence-corrected chi connectivity index (χ1v) is 19.8. The highest BCUT2D eigenvalue weighted by Crippen LogP contribution is 2.56. The maximum absolute atomic E-state index is 6.46. The highest BCUT2D eigenvalue weighted by atomic mass is 16.3. The summed E-state index contributed by atoms with van der Waals surface area (Å²) >= 11 is 0. The van der Waals surface area contributed by atoms with E-state index in [0.717, 1.165) is 55.7 Å². The zero-order valence-electron chi connectivity index (χ0n) is 31.9. The summed E-state index contributed by atoms with van der Waals surface area (Å²) in [7, 11) is 0. The van der Waals surface area contributed by atoms with Gasteiger partial charge in [-0.3, -0.25) is 0 Å². The van der Waals surface area contributed by atoms with Crippen LogP contribution in [-0.4, -0.2) is 0 Å². The van der Waals surface area contributed by atoms with Gasteiger partial charge in [-0.05, 0) is 86.1 Å². The minimum absolute atomic E-state index is 0.154. The fourth-order valence-electron chi connectivity index (χ4n) is 9.44. The van der Waals surface area contributed by atoms with Crippen LogP contribution in [-0.2, 0) is 5.41 Å². The summed E-state index contributed by atoms with van der Waals surface area (Å²) in [6.45, 7) is 4.72. The molecule has 2 heteroatoms. The first-order valence-electron chi connectivity index (χ1n) is 19.8. The van der Waals surface area contributed by atoms with Crippen LogP contribution in [0.2, 0.25) is 0 Å². The molecule has 0 saturated carbocycles. The minimum Gasteiger partial charge on any atom is -0.456 e. The quantitative estimate of drug-likeness (QED) is 0.169. The van der Waals surface area contributed by atoms with Crippen molar-refractivity contribution in [2.45, 2.75) is 19.3 Å². The molecule has 1 heterocycles. The Hall–Kier alpha value is -7.16. The van der Waals surface area contributed by atoms with Gasteiger partial charge in [0.15, 0.2) is 0 Å². The van der Waals surface area contributed by atoms with Crippen LogP contribution < -0.4 is 4.90 Å². The first kappa shape index (κ1) is 33.2. The number of nitrogens with zero attached hydrogens (tertiary/aromatic N) is 1. The van der Waals surface area contributed by atoms with Gasteiger partial charge in [-0.15, -0.1) is 0 Å². The van der Waals surface area contributed by atoms with E-state index in [1.165, 1.54) is 49.7 Å². The molecule has 1 aliphatic rings. The number of anilines is 3. The number of hydrogen-bond donors (Lipinski definition) is 0. The molecule has 0 bridgehead atoms. The van der Waals surface area contributed by atoms with Gasteiger partial charge < -0.3 is 9.32 Å². The zero-order valence-corrected chi connectivity index (χ0v) is 31.9. The molecule has 2 nitrogen and oxygen atoms in total. The molecule has 0 N–H and O–H groups in total. The molecule has 0 aliphatic heterocycles. The summed E-state index contributed by atoms with van der Waals surface area (Å²) in [5, 5.41) is 4.71. The minimum atomic E-state index is -0.154. The van der Waals surface area contributed by atoms with Crippen LogP contribution in [0, 0.1) is 0 Å². The summed E-state index contributed by atoms with van der Waals surface area (Å²) in [4.78, 5) is 2.52. The summed E-state index contributed by atoms with van der Waals surface area (Å²) in [6, 6.07) is 72.7. The number of benzene rings is 9. The van der Waals surface area contributed by atoms with Gasteiger partial charge in [-0.2, -0.15) is 0 Å². The fourth-order valence-corrected chi connectivity index (χ4v) is 9.44. The lowest BCUT2D eigenvalue weighted by atomic mass is 9.82. The van der Waals surface area contributed by atoms with E-state index < -0.39 is 0 Å². The van der Waals surface area contributed by atoms with E-state index in [4.69, 9.17) is 4.42 Å². The Kier molecular flexibility index (Phi) is 7.55. The van der Waals surface area contributed by atoms with Gasteiger partial charge in [0.05, 0.1) is 17.1 Å². The normalized spacial score (nSPS) is 12.9. The van der Waals surface area contributed by atoms with Crippen LogP contribution in [0.1, 0.15) is 25.0 Å². The van der Waals surface area contributed by atoms with Crippen LogP contribution in [0.4, 0.5) is 17.1 Å². The summed E-state index contributed by atoms with van der Waals surface area (Å²) in [6.07, 6.45) is 0. The lowest BCUT2D eigenvalue weighted by Gasteiger charge is -2.32. The van der Waals surface area contributed by atoms with Crippen LogP contribution >= 0.6 is 0 Å². The Morgan fingerprint density at radius 1 is 0.386 bits per heavy atom. The summed E-state index contributed by atoms with van der Waals surface area (Å²) < 4.78 is 6.46. The van der Waals surface area contributed by atoms with E-state index in [1.807, 2.05) is 12.1 Å². The molecule has 11 rings (SSSR count). The molecular weight excluding hydrogens is 691 g/mol. The molecule has 0 atom stereocenters. The van der Waals surface area contributed by atoms with Crippen molar-refractivity contribution < 1.29 is 4.42 Å². The van der Waals surface area contributed by atoms with Crippen LogP contribution in [0.3, 0.4) is 0 Å². The third-order valence-electron chi connectivity index (χ3n) is 12.1. The van der Waals surface area contributed by atoms with Crippen molar-refractivity contribution >= 4 is 49.8 Å². The highest BCUT2D eigenvalue weighted by molar-refractivity contribution is 6.10. The molecule has 270 valence electrons. The zero-order chi connectivity index (χ0) is 38.1. The molecule has 57 heavy (non-hydrogen) atoms. The van der Waals surface area contributed by atoms with Gasteiger partial charge in [-0.1, -0.05) is 178 Å². The Morgan fingerprint density at radius 2 is 0.965 bits per heavy atom. The maximum atomic E-state index is 6.46. The van der Waals surface area contributed by atoms with Crippen molar-refractivity contribution in [3.05, 3.63) is 211 Å². The van der Waals surface area contributed by atoms with Crippen LogP contribution in [0.25, 0.3) is 77.2 Å². The number of rotatable bonds is 6. The number of hydrogen-bond acceptors (Lipinski definition) is 2. The second-order valence-corrected chi connectivity index (χ2v) is 15.6. The predicted octanol–water partition coefficient (Wildman–Crippen LogP) is 15.5. The van der Waals surface area contributed by atoms with Crippen molar-refractivity contribution in [3.63, 3.8) is 0 Å². The molecule has 1 aromatic heterocycles. The molecular formula is C55H39NO. The third-order valence-corrected chi connectivity index (χ3v) is 12.1. The van der Waals surface area contributed by atoms with Crippen molar-refractivity contribution in [2.75, 3.05) is 4.90 Å². The lowest BCUT2D eigenvalue weighted by molar-refractivity contribution is 0.660. The highest BCUT2D eigenvalue weighted by Gasteiger charge is 2.38. The van der Waals surface area contributed by atoms with E-state index in [-0.39, 0.29) is 5.41 Å². The second-order valence-electron chi connectivity index (χ2n) is 15.6. The maximum Gasteiger partial charge on any atom is 0.136 e. The second kappa shape index (κ2) is 13.0. The average Bonchev–Trinajstić information content (AvgIpc) is 3.75. The van der Waals surface area contributed by atoms with Crippen molar-refractivity contribution in [1.29, 1.82) is 0 Å². The molecule has 0 saturated heterocycles. The number of fused-ring (bicyclic) bond motifs is 7. The van der Waals surface area contributed by atoms with Gasteiger partial charge >= 0.3 is 0 Å². The summed E-state index contributed by atoms with van der Waals surface area (Å²) in [5.74, 6) is 0. The van der Waals surface area contributed by atoms with Gasteiger partial charge in [0.1, 0.15) is 11.2 Å². The monoisotopic (exact) mass is 729 g/mol. The van der Waals surface area contributed by atoms with E-state index in [0.29, 0.717) is 0 Å². The number of furan rings is 1. The van der Waals surface area contributed by atoms with Crippen molar-refractivity contribution in [2.24, 2.45) is 0 Å². The average molecular weight is 730 g/mol. The van der Waals surface area contributed by atoms with Crippen LogP contribution in [0.5, 0.6) is 0 Å². The SMILES string of the molecule is CC1(C)c2ccccc2-c2c(N(c3ccccc3-c3ccc4c(c3)oc3ccccc34)c3ccccc3-c3cccc4cccc(-c5ccccc5)c34)cccc21. The van der Waals surface area contributed by atoms with E-state index in [9.17, 15) is 0 Å². The predicted molar refractivity (Wildman–Crippen MR) is 240 cm³/mol. The Morgan fingerprint density at radius 3 is 1.79 bits per heavy atom. The van der Waals surface area contributed by atoms with Crippen molar-refractivity contribution in [3.8, 4) is 44.5 Å². The number of para-hydroxylation sites is 3. The molecule has 0 radical (unpaired) electrons. The fraction of sp³-hybridized carbons (Fsp3) is 0.0545. The van der Waals surface area contributed by atoms with E-state index in [1.54, 1.807) is 0 Å². The van der Waals surface area contributed by atoms with E-state index >= 15 is 0 Å². The third kappa shape index (κ3) is 5.18. The Balaban J connectivity index is 1.21. The molecule has 0 amide bonds. The molecule has 0 unspecified atom stereocenters. The smallest absolute Gasteiger partial charge is 0.136 e. The lowest BCUT2D eigenvalue weighted by Crippen LogP contribution is -2.16. The van der Waals surface area contributed by atoms with Gasteiger partial charge in [0, 0.05) is 32.9 Å². The van der Waals surface area contributed by atoms with Gasteiger partial charge in [0.2, 0.25) is 0 Å². The topological polar surface area (TPSA) is 16.4 Å². The van der Waals surface area contributed by atoms with Crippen molar-refractivity contribution in [1.82, 2.24) is 0 Å². The van der Waals surface area contributed by atoms with Gasteiger partial charge in [-0.25, -0.2) is 0 Å². The molecule has 0 spiro atoms. The molecule has 0 fully saturated rings. The molecule has 1 aliphatic carbocycles. The molecule has 10 aromatic rings. The molecule has 9 aromatic carbocycles. The standard InChI is InChI=1S/C55H39NO/c1-55(2)46-27-10-6-24-45(46)54-47(55)28-16-31-50(54)56(48-29-11-7-21-39(48)38-33-34-43-42-23-9-13-32-51(42)57-52(43)35-38)49-30-12-8-22-41(49)44-26-15-20-37-19-14-25-40(53(37)44)36-17-4-3-5-18-36/h3-35H,1-2H3. The van der Waals surface area contributed by atoms with Gasteiger partial charge in [0.25, 0.3) is 0 Å². The summed E-state index contributed by atoms with van der Waals surface area (Å²) in [5.41, 5.74) is 17.3. The first-order chi connectivity index (χ1) is 28.1. The Bertz CT molecular complexity index is 3160. The van der Waals surface area contributed by atoms with Crippen LogP contribution in [0.15, 0.2) is 205 Å². The largest absolute Gasteiger partial charge is 0.456 e. The van der Waals surface area contributed by atoms with E-state index in [2.05, 4.69) is 207 Å². The Labute approximate surface area is 332 Å².